The van der Waals surface area contributed by atoms with Gasteiger partial charge in [-0.2, -0.15) is 0 Å². The fraction of sp³-hybridized carbons (Fsp3) is 0.316. The Morgan fingerprint density at radius 3 is 2.59 bits per heavy atom. The third-order valence-electron chi connectivity index (χ3n) is 4.23. The maximum atomic E-state index is 12.4. The molecule has 1 amide bonds. The topological polar surface area (TPSA) is 71.5 Å². The van der Waals surface area contributed by atoms with Gasteiger partial charge in [0.1, 0.15) is 11.6 Å². The van der Waals surface area contributed by atoms with E-state index in [1.807, 2.05) is 42.5 Å². The molecule has 1 aromatic heterocycles. The number of pyridine rings is 1. The Kier molecular flexibility index (Phi) is 7.23. The molecule has 0 saturated carbocycles. The van der Waals surface area contributed by atoms with Crippen molar-refractivity contribution in [3.63, 3.8) is 0 Å². The van der Waals surface area contributed by atoms with Gasteiger partial charge in [-0.05, 0) is 53.9 Å². The highest BCUT2D eigenvalue weighted by molar-refractivity contribution is 8.13. The number of hydrogen-bond donors (Lipinski definition) is 1. The van der Waals surface area contributed by atoms with Gasteiger partial charge in [-0.15, -0.1) is 0 Å². The molecule has 3 rings (SSSR count). The summed E-state index contributed by atoms with van der Waals surface area (Å²) in [5.41, 5.74) is 0.948. The summed E-state index contributed by atoms with van der Waals surface area (Å²) < 4.78 is 0. The number of carbonyl (C=O) groups excluding carboxylic acids is 2. The lowest BCUT2D eigenvalue weighted by atomic mass is 10.0. The van der Waals surface area contributed by atoms with Crippen molar-refractivity contribution in [3.05, 3.63) is 60.3 Å². The summed E-state index contributed by atoms with van der Waals surface area (Å²) in [5, 5.41) is 4.42. The molecule has 27 heavy (non-hydrogen) atoms. The van der Waals surface area contributed by atoms with Gasteiger partial charge >= 0.3 is 5.37 Å². The lowest BCUT2D eigenvalue weighted by Crippen LogP contribution is -2.52. The molecule has 0 radical (unpaired) electrons. The van der Waals surface area contributed by atoms with Crippen molar-refractivity contribution in [1.82, 2.24) is 15.4 Å². The molecule has 1 N–H and O–H groups in total. The molecule has 2 heterocycles. The number of hydrogen-bond acceptors (Lipinski definition) is 6. The Morgan fingerprint density at radius 2 is 1.96 bits per heavy atom. The molecule has 0 spiro atoms. The molecule has 0 bridgehead atoms. The van der Waals surface area contributed by atoms with E-state index in [1.54, 1.807) is 12.3 Å². The zero-order chi connectivity index (χ0) is 19.1. The molecule has 1 fully saturated rings. The molecule has 142 valence electrons. The maximum absolute atomic E-state index is 12.4. The molecule has 1 saturated heterocycles. The smallest absolute Gasteiger partial charge is 0.305 e. The highest BCUT2D eigenvalue weighted by atomic mass is 35.5. The van der Waals surface area contributed by atoms with E-state index in [2.05, 4.69) is 10.3 Å². The normalized spacial score (nSPS) is 19.4. The predicted octanol–water partition coefficient (Wildman–Crippen LogP) is 3.61. The highest BCUT2D eigenvalue weighted by Gasteiger charge is 2.32. The van der Waals surface area contributed by atoms with Crippen LogP contribution in [-0.2, 0) is 16.2 Å². The van der Waals surface area contributed by atoms with Crippen molar-refractivity contribution in [2.24, 2.45) is 0 Å². The maximum Gasteiger partial charge on any atom is 0.340 e. The second-order valence-corrected chi connectivity index (χ2v) is 7.47. The Balaban J connectivity index is 1.51. The second-order valence-electron chi connectivity index (χ2n) is 6.12. The van der Waals surface area contributed by atoms with Crippen molar-refractivity contribution in [3.8, 4) is 0 Å². The van der Waals surface area contributed by atoms with Crippen LogP contribution < -0.4 is 5.32 Å². The quantitative estimate of drug-likeness (QED) is 0.342. The van der Waals surface area contributed by atoms with Gasteiger partial charge in [0, 0.05) is 12.7 Å². The van der Waals surface area contributed by atoms with E-state index >= 15 is 0 Å². The zero-order valence-corrected chi connectivity index (χ0v) is 16.2. The summed E-state index contributed by atoms with van der Waals surface area (Å²) >= 11 is 6.83. The Labute approximate surface area is 167 Å². The summed E-state index contributed by atoms with van der Waals surface area (Å²) in [4.78, 5) is 34.0. The van der Waals surface area contributed by atoms with Gasteiger partial charge in [0.15, 0.2) is 0 Å². The van der Waals surface area contributed by atoms with Crippen LogP contribution in [0.15, 0.2) is 59.8 Å². The molecule has 1 aliphatic heterocycles. The summed E-state index contributed by atoms with van der Waals surface area (Å²) in [7, 11) is 0. The molecule has 0 unspecified atom stereocenters. The van der Waals surface area contributed by atoms with Crippen LogP contribution >= 0.6 is 23.4 Å². The third-order valence-corrected chi connectivity index (χ3v) is 5.34. The molecule has 8 heteroatoms. The van der Waals surface area contributed by atoms with Gasteiger partial charge < -0.3 is 5.32 Å². The van der Waals surface area contributed by atoms with Crippen LogP contribution in [0, 0.1) is 0 Å². The average molecular weight is 406 g/mol. The van der Waals surface area contributed by atoms with Gasteiger partial charge in [-0.25, -0.2) is 10.0 Å². The average Bonchev–Trinajstić information content (AvgIpc) is 2.70. The van der Waals surface area contributed by atoms with Crippen LogP contribution in [0.5, 0.6) is 0 Å². The number of nitrogens with one attached hydrogen (secondary N) is 1. The fourth-order valence-corrected chi connectivity index (χ4v) is 3.84. The molecule has 0 aliphatic carbocycles. The third kappa shape index (κ3) is 5.77. The molecule has 2 atom stereocenters. The lowest BCUT2D eigenvalue weighted by Gasteiger charge is -2.34. The number of rotatable bonds is 6. The standard InChI is InChI=1S/C19H20ClN3O3S/c20-19(25)23(26-13-14-6-2-1-3-7-14)15-9-10-16(22-12-15)18(24)27-17-8-4-5-11-21-17/h1-8,11,15-16,22H,9-10,12-13H2/t15-,16+/m1/s1. The first-order valence-electron chi connectivity index (χ1n) is 8.65. The molecule has 1 aromatic carbocycles. The fourth-order valence-electron chi connectivity index (χ4n) is 2.84. The molecule has 2 aromatic rings. The minimum absolute atomic E-state index is 0.0149. The number of amides is 1. The first kappa shape index (κ1) is 19.8. The van der Waals surface area contributed by atoms with Crippen LogP contribution in [0.1, 0.15) is 18.4 Å². The van der Waals surface area contributed by atoms with Crippen molar-refractivity contribution >= 4 is 33.8 Å². The highest BCUT2D eigenvalue weighted by Crippen LogP contribution is 2.23. The Morgan fingerprint density at radius 1 is 1.19 bits per heavy atom. The number of benzene rings is 1. The number of halogens is 1. The summed E-state index contributed by atoms with van der Waals surface area (Å²) in [6.45, 7) is 0.695. The second kappa shape index (κ2) is 9.85. The van der Waals surface area contributed by atoms with Gasteiger partial charge in [-0.1, -0.05) is 36.4 Å². The number of nitrogens with zero attached hydrogens (tertiary/aromatic N) is 2. The van der Waals surface area contributed by atoms with E-state index in [4.69, 9.17) is 16.4 Å². The number of thioether (sulfide) groups is 1. The van der Waals surface area contributed by atoms with Crippen LogP contribution in [0.25, 0.3) is 0 Å². The van der Waals surface area contributed by atoms with Crippen LogP contribution in [0.2, 0.25) is 0 Å². The largest absolute Gasteiger partial charge is 0.340 e. The molecular formula is C19H20ClN3O3S. The monoisotopic (exact) mass is 405 g/mol. The van der Waals surface area contributed by atoms with Gasteiger partial charge in [0.25, 0.3) is 0 Å². The lowest BCUT2D eigenvalue weighted by molar-refractivity contribution is -0.152. The predicted molar refractivity (Wildman–Crippen MR) is 104 cm³/mol. The van der Waals surface area contributed by atoms with E-state index in [1.165, 1.54) is 5.06 Å². The number of piperidine rings is 1. The SMILES string of the molecule is O=C(Sc1ccccn1)[C@@H]1CC[C@@H](N(OCc2ccccc2)C(=O)Cl)CN1. The minimum atomic E-state index is -0.662. The zero-order valence-electron chi connectivity index (χ0n) is 14.6. The molecular weight excluding hydrogens is 386 g/mol. The van der Waals surface area contributed by atoms with Crippen LogP contribution in [0.3, 0.4) is 0 Å². The molecule has 1 aliphatic rings. The Bertz CT molecular complexity index is 755. The molecule has 6 nitrogen and oxygen atoms in total. The Hall–Kier alpha value is -1.93. The van der Waals surface area contributed by atoms with Gasteiger partial charge in [-0.3, -0.25) is 14.4 Å². The van der Waals surface area contributed by atoms with E-state index in [0.29, 0.717) is 24.4 Å². The van der Waals surface area contributed by atoms with E-state index in [0.717, 1.165) is 17.3 Å². The van der Waals surface area contributed by atoms with Gasteiger partial charge in [0.2, 0.25) is 5.12 Å². The first-order chi connectivity index (χ1) is 13.1. The van der Waals surface area contributed by atoms with Crippen molar-refractivity contribution < 1.29 is 14.4 Å². The number of hydroxylamine groups is 2. The van der Waals surface area contributed by atoms with E-state index in [9.17, 15) is 9.59 Å². The van der Waals surface area contributed by atoms with Crippen molar-refractivity contribution in [2.45, 2.75) is 36.6 Å². The van der Waals surface area contributed by atoms with E-state index < -0.39 is 5.37 Å². The van der Waals surface area contributed by atoms with Crippen LogP contribution in [-0.4, -0.2) is 39.2 Å². The number of aromatic nitrogens is 1. The van der Waals surface area contributed by atoms with E-state index in [-0.39, 0.29) is 23.8 Å². The minimum Gasteiger partial charge on any atom is -0.305 e. The van der Waals surface area contributed by atoms with Crippen molar-refractivity contribution in [2.75, 3.05) is 6.54 Å². The summed E-state index contributed by atoms with van der Waals surface area (Å²) in [6, 6.07) is 14.5. The summed E-state index contributed by atoms with van der Waals surface area (Å²) in [6.07, 6.45) is 2.88. The van der Waals surface area contributed by atoms with Crippen molar-refractivity contribution in [1.29, 1.82) is 0 Å². The summed E-state index contributed by atoms with van der Waals surface area (Å²) in [5.74, 6) is 0. The first-order valence-corrected chi connectivity index (χ1v) is 9.84. The number of carbonyl (C=O) groups is 2. The van der Waals surface area contributed by atoms with Gasteiger partial charge in [0.05, 0.1) is 12.1 Å². The van der Waals surface area contributed by atoms with Crippen LogP contribution in [0.4, 0.5) is 4.79 Å².